The van der Waals surface area contributed by atoms with Crippen LogP contribution in [0.2, 0.25) is 0 Å². The van der Waals surface area contributed by atoms with Crippen LogP contribution in [0, 0.1) is 13.8 Å². The average Bonchev–Trinajstić information content (AvgIpc) is 3.35. The van der Waals surface area contributed by atoms with Crippen LogP contribution in [0.25, 0.3) is 20.4 Å². The van der Waals surface area contributed by atoms with Gasteiger partial charge in [-0.3, -0.25) is 10.1 Å². The third-order valence-corrected chi connectivity index (χ3v) is 7.35. The fourth-order valence-electron chi connectivity index (χ4n) is 3.59. The number of para-hydroxylation sites is 2. The van der Waals surface area contributed by atoms with Crippen molar-refractivity contribution < 1.29 is 4.79 Å². The number of carbonyl (C=O) groups is 1. The van der Waals surface area contributed by atoms with Crippen LogP contribution in [0.4, 0.5) is 16.6 Å². The quantitative estimate of drug-likeness (QED) is 0.371. The molecule has 5 aromatic rings. The lowest BCUT2D eigenvalue weighted by atomic mass is 10.2. The van der Waals surface area contributed by atoms with Crippen LogP contribution in [-0.2, 0) is 0 Å². The van der Waals surface area contributed by atoms with E-state index in [1.54, 1.807) is 6.33 Å². The summed E-state index contributed by atoms with van der Waals surface area (Å²) in [5, 5.41) is 4.46. The Morgan fingerprint density at radius 1 is 1.00 bits per heavy atom. The molecule has 1 N–H and O–H groups in total. The molecule has 154 valence electrons. The summed E-state index contributed by atoms with van der Waals surface area (Å²) in [7, 11) is 1.97. The molecule has 0 spiro atoms. The maximum absolute atomic E-state index is 13.1. The Hall–Kier alpha value is -3.36. The van der Waals surface area contributed by atoms with Crippen LogP contribution in [0.5, 0.6) is 0 Å². The number of nitrogens with one attached hydrogen (secondary N) is 1. The first-order valence-electron chi connectivity index (χ1n) is 9.73. The maximum atomic E-state index is 13.1. The van der Waals surface area contributed by atoms with Crippen LogP contribution >= 0.6 is 22.7 Å². The lowest BCUT2D eigenvalue weighted by Gasteiger charge is -2.19. The van der Waals surface area contributed by atoms with Crippen LogP contribution in [-0.4, -0.2) is 27.9 Å². The Bertz CT molecular complexity index is 1420. The number of aromatic nitrogens is 3. The molecular formula is C23H19N5OS2. The van der Waals surface area contributed by atoms with E-state index in [1.807, 2.05) is 74.3 Å². The number of thiophene rings is 1. The number of aryl methyl sites for hydroxylation is 2. The number of carbonyl (C=O) groups excluding carboxylic acids is 1. The third-order valence-electron chi connectivity index (χ3n) is 5.22. The molecule has 0 saturated carbocycles. The van der Waals surface area contributed by atoms with E-state index >= 15 is 0 Å². The summed E-state index contributed by atoms with van der Waals surface area (Å²) in [6, 6.07) is 16.0. The van der Waals surface area contributed by atoms with E-state index in [2.05, 4.69) is 20.3 Å². The maximum Gasteiger partial charge on any atom is 0.267 e. The number of fused-ring (bicyclic) bond motifs is 2. The largest absolute Gasteiger partial charge is 0.329 e. The summed E-state index contributed by atoms with van der Waals surface area (Å²) >= 11 is 2.85. The first-order chi connectivity index (χ1) is 15.0. The lowest BCUT2D eigenvalue weighted by Crippen LogP contribution is -2.13. The van der Waals surface area contributed by atoms with E-state index < -0.39 is 0 Å². The number of nitrogens with zero attached hydrogens (tertiary/aromatic N) is 4. The third kappa shape index (κ3) is 3.43. The van der Waals surface area contributed by atoms with E-state index in [1.165, 1.54) is 22.7 Å². The summed E-state index contributed by atoms with van der Waals surface area (Å²) in [5.41, 5.74) is 3.90. The van der Waals surface area contributed by atoms with Gasteiger partial charge in [-0.15, -0.1) is 11.3 Å². The molecule has 0 aliphatic rings. The SMILES string of the molecule is Cc1cccc2sc(NC(=O)c3sc4ncnc(N(C)c5ccccc5)c4c3C)nc12. The van der Waals surface area contributed by atoms with E-state index in [4.69, 9.17) is 0 Å². The van der Waals surface area contributed by atoms with Gasteiger partial charge in [0, 0.05) is 12.7 Å². The molecule has 8 heteroatoms. The summed E-state index contributed by atoms with van der Waals surface area (Å²) in [6.45, 7) is 3.97. The Labute approximate surface area is 187 Å². The van der Waals surface area contributed by atoms with Crippen molar-refractivity contribution >= 4 is 65.7 Å². The zero-order valence-corrected chi connectivity index (χ0v) is 18.8. The number of benzene rings is 2. The zero-order valence-electron chi connectivity index (χ0n) is 17.2. The molecule has 2 aromatic carbocycles. The number of amides is 1. The minimum Gasteiger partial charge on any atom is -0.329 e. The fourth-order valence-corrected chi connectivity index (χ4v) is 5.57. The van der Waals surface area contributed by atoms with Gasteiger partial charge < -0.3 is 4.90 Å². The van der Waals surface area contributed by atoms with E-state index in [9.17, 15) is 4.79 Å². The second-order valence-electron chi connectivity index (χ2n) is 7.22. The Morgan fingerprint density at radius 3 is 2.58 bits per heavy atom. The van der Waals surface area contributed by atoms with E-state index in [0.717, 1.165) is 43.1 Å². The highest BCUT2D eigenvalue weighted by Gasteiger charge is 2.22. The number of hydrogen-bond acceptors (Lipinski definition) is 7. The lowest BCUT2D eigenvalue weighted by molar-refractivity contribution is 0.103. The Kier molecular flexibility index (Phi) is 4.88. The van der Waals surface area contributed by atoms with Gasteiger partial charge in [-0.05, 0) is 43.2 Å². The van der Waals surface area contributed by atoms with Crippen LogP contribution in [0.3, 0.4) is 0 Å². The molecule has 0 aliphatic heterocycles. The van der Waals surface area contributed by atoms with Gasteiger partial charge in [0.25, 0.3) is 5.91 Å². The molecular weight excluding hydrogens is 426 g/mol. The predicted molar refractivity (Wildman–Crippen MR) is 129 cm³/mol. The minimum absolute atomic E-state index is 0.175. The zero-order chi connectivity index (χ0) is 21.5. The smallest absolute Gasteiger partial charge is 0.267 e. The summed E-state index contributed by atoms with van der Waals surface area (Å²) in [5.74, 6) is 0.602. The van der Waals surface area contributed by atoms with Crippen molar-refractivity contribution in [3.8, 4) is 0 Å². The highest BCUT2D eigenvalue weighted by molar-refractivity contribution is 7.23. The predicted octanol–water partition coefficient (Wildman–Crippen LogP) is 5.94. The van der Waals surface area contributed by atoms with Gasteiger partial charge in [-0.2, -0.15) is 0 Å². The van der Waals surface area contributed by atoms with Crippen molar-refractivity contribution in [3.05, 3.63) is 70.9 Å². The molecule has 31 heavy (non-hydrogen) atoms. The molecule has 6 nitrogen and oxygen atoms in total. The Balaban J connectivity index is 1.52. The first-order valence-corrected chi connectivity index (χ1v) is 11.4. The normalized spacial score (nSPS) is 11.2. The molecule has 0 radical (unpaired) electrons. The molecule has 0 fully saturated rings. The van der Waals surface area contributed by atoms with Gasteiger partial charge in [0.1, 0.15) is 17.0 Å². The number of rotatable bonds is 4. The van der Waals surface area contributed by atoms with Crippen LogP contribution in [0.15, 0.2) is 54.9 Å². The molecule has 0 atom stereocenters. The molecule has 0 aliphatic carbocycles. The molecule has 5 rings (SSSR count). The highest BCUT2D eigenvalue weighted by atomic mass is 32.1. The summed E-state index contributed by atoms with van der Waals surface area (Å²) in [4.78, 5) is 30.1. The minimum atomic E-state index is -0.175. The average molecular weight is 446 g/mol. The van der Waals surface area contributed by atoms with Crippen LogP contribution < -0.4 is 10.2 Å². The van der Waals surface area contributed by atoms with E-state index in [0.29, 0.717) is 10.0 Å². The van der Waals surface area contributed by atoms with Crippen molar-refractivity contribution in [1.29, 1.82) is 0 Å². The first kappa shape index (κ1) is 19.6. The van der Waals surface area contributed by atoms with Crippen LogP contribution in [0.1, 0.15) is 20.8 Å². The molecule has 0 unspecified atom stereocenters. The van der Waals surface area contributed by atoms with Gasteiger partial charge in [0.15, 0.2) is 5.13 Å². The Morgan fingerprint density at radius 2 is 1.81 bits per heavy atom. The molecule has 3 heterocycles. The van der Waals surface area contributed by atoms with Gasteiger partial charge in [-0.1, -0.05) is 41.7 Å². The summed E-state index contributed by atoms with van der Waals surface area (Å²) < 4.78 is 1.06. The molecule has 3 aromatic heterocycles. The highest BCUT2D eigenvalue weighted by Crippen LogP contribution is 2.37. The van der Waals surface area contributed by atoms with Gasteiger partial charge in [-0.25, -0.2) is 15.0 Å². The molecule has 0 bridgehead atoms. The second-order valence-corrected chi connectivity index (χ2v) is 9.25. The molecule has 1 amide bonds. The van der Waals surface area contributed by atoms with E-state index in [-0.39, 0.29) is 5.91 Å². The number of hydrogen-bond donors (Lipinski definition) is 1. The monoisotopic (exact) mass is 445 g/mol. The van der Waals surface area contributed by atoms with Crippen molar-refractivity contribution in [2.24, 2.45) is 0 Å². The summed E-state index contributed by atoms with van der Waals surface area (Å²) in [6.07, 6.45) is 1.55. The van der Waals surface area contributed by atoms with Gasteiger partial charge >= 0.3 is 0 Å². The van der Waals surface area contributed by atoms with Crippen molar-refractivity contribution in [2.45, 2.75) is 13.8 Å². The fraction of sp³-hybridized carbons (Fsp3) is 0.130. The number of anilines is 3. The molecule has 0 saturated heterocycles. The number of thiazole rings is 1. The van der Waals surface area contributed by atoms with Crippen molar-refractivity contribution in [2.75, 3.05) is 17.3 Å². The van der Waals surface area contributed by atoms with Gasteiger partial charge in [0.2, 0.25) is 0 Å². The van der Waals surface area contributed by atoms with Crippen molar-refractivity contribution in [3.63, 3.8) is 0 Å². The topological polar surface area (TPSA) is 71.0 Å². The standard InChI is InChI=1S/C23H19N5OS2/c1-13-8-7-11-16-18(13)26-23(30-16)27-21(29)19-14(2)17-20(24-12-25-22(17)31-19)28(3)15-9-5-4-6-10-15/h4-12H,1-3H3,(H,26,27,29). The second kappa shape index (κ2) is 7.72. The van der Waals surface area contributed by atoms with Crippen molar-refractivity contribution in [1.82, 2.24) is 15.0 Å². The van der Waals surface area contributed by atoms with Gasteiger partial charge in [0.05, 0.1) is 20.5 Å².